The number of hydrogen-bond donors (Lipinski definition) is 1. The summed E-state index contributed by atoms with van der Waals surface area (Å²) < 4.78 is 0. The lowest BCUT2D eigenvalue weighted by Gasteiger charge is -2.39. The molecule has 0 aromatic carbocycles. The van der Waals surface area contributed by atoms with E-state index in [1.165, 1.54) is 37.7 Å². The molecule has 0 saturated heterocycles. The van der Waals surface area contributed by atoms with E-state index in [1.54, 1.807) is 0 Å². The van der Waals surface area contributed by atoms with Crippen LogP contribution in [0.15, 0.2) is 24.5 Å². The molecule has 0 spiro atoms. The molecule has 1 atom stereocenters. The van der Waals surface area contributed by atoms with Gasteiger partial charge in [-0.2, -0.15) is 0 Å². The number of aromatic nitrogens is 1. The first kappa shape index (κ1) is 11.6. The van der Waals surface area contributed by atoms with Crippen LogP contribution in [0.5, 0.6) is 0 Å². The molecule has 88 valence electrons. The number of nitrogens with zero attached hydrogens (tertiary/aromatic N) is 1. The minimum Gasteiger partial charge on any atom is -0.327 e. The highest BCUT2D eigenvalue weighted by Gasteiger charge is 2.32. The van der Waals surface area contributed by atoms with Gasteiger partial charge in [-0.05, 0) is 42.4 Å². The zero-order valence-corrected chi connectivity index (χ0v) is 10.2. The predicted molar refractivity (Wildman–Crippen MR) is 67.1 cm³/mol. The molecule has 0 bridgehead atoms. The normalized spacial score (nSPS) is 21.6. The van der Waals surface area contributed by atoms with Crippen LogP contribution in [0.3, 0.4) is 0 Å². The van der Waals surface area contributed by atoms with Crippen LogP contribution in [-0.2, 0) is 6.42 Å². The van der Waals surface area contributed by atoms with Gasteiger partial charge in [-0.3, -0.25) is 4.98 Å². The van der Waals surface area contributed by atoms with Gasteiger partial charge in [0.15, 0.2) is 0 Å². The van der Waals surface area contributed by atoms with Crippen LogP contribution < -0.4 is 5.73 Å². The fraction of sp³-hybridized carbons (Fsp3) is 0.643. The summed E-state index contributed by atoms with van der Waals surface area (Å²) in [6.45, 7) is 2.36. The van der Waals surface area contributed by atoms with Gasteiger partial charge in [0.05, 0.1) is 0 Å². The van der Waals surface area contributed by atoms with Gasteiger partial charge < -0.3 is 5.73 Å². The van der Waals surface area contributed by atoms with E-state index in [0.29, 0.717) is 5.41 Å². The summed E-state index contributed by atoms with van der Waals surface area (Å²) in [5, 5.41) is 0. The molecular weight excluding hydrogens is 196 g/mol. The molecule has 1 fully saturated rings. The predicted octanol–water partition coefficient (Wildman–Crippen LogP) is 2.92. The van der Waals surface area contributed by atoms with Gasteiger partial charge in [-0.15, -0.1) is 0 Å². The van der Waals surface area contributed by atoms with Crippen molar-refractivity contribution in [2.24, 2.45) is 11.1 Å². The Balaban J connectivity index is 1.99. The summed E-state index contributed by atoms with van der Waals surface area (Å²) in [5.74, 6) is 0. The lowest BCUT2D eigenvalue weighted by Crippen LogP contribution is -2.42. The Morgan fingerprint density at radius 3 is 2.50 bits per heavy atom. The number of nitrogens with two attached hydrogens (primary N) is 1. The molecule has 1 aliphatic rings. The second-order valence-corrected chi connectivity index (χ2v) is 5.38. The largest absolute Gasteiger partial charge is 0.327 e. The molecule has 1 aromatic heterocycles. The van der Waals surface area contributed by atoms with E-state index >= 15 is 0 Å². The highest BCUT2D eigenvalue weighted by Crippen LogP contribution is 2.38. The Hall–Kier alpha value is -0.890. The quantitative estimate of drug-likeness (QED) is 0.847. The maximum Gasteiger partial charge on any atom is 0.0270 e. The first-order valence-electron chi connectivity index (χ1n) is 6.35. The van der Waals surface area contributed by atoms with Gasteiger partial charge in [-0.25, -0.2) is 0 Å². The van der Waals surface area contributed by atoms with Crippen LogP contribution >= 0.6 is 0 Å². The molecular formula is C14H22N2. The van der Waals surface area contributed by atoms with Crippen molar-refractivity contribution in [3.8, 4) is 0 Å². The summed E-state index contributed by atoms with van der Waals surface area (Å²) in [6.07, 6.45) is 11.4. The number of pyridine rings is 1. The van der Waals surface area contributed by atoms with Crippen molar-refractivity contribution >= 4 is 0 Å². The van der Waals surface area contributed by atoms with Gasteiger partial charge in [0.2, 0.25) is 0 Å². The second kappa shape index (κ2) is 4.96. The minimum atomic E-state index is 0.287. The third-order valence-corrected chi connectivity index (χ3v) is 4.10. The average Bonchev–Trinajstić information content (AvgIpc) is 2.31. The third-order valence-electron chi connectivity index (χ3n) is 4.10. The van der Waals surface area contributed by atoms with Crippen molar-refractivity contribution in [1.29, 1.82) is 0 Å². The summed E-state index contributed by atoms with van der Waals surface area (Å²) >= 11 is 0. The Morgan fingerprint density at radius 1 is 1.25 bits per heavy atom. The average molecular weight is 218 g/mol. The zero-order valence-electron chi connectivity index (χ0n) is 10.2. The summed E-state index contributed by atoms with van der Waals surface area (Å²) in [4.78, 5) is 4.04. The van der Waals surface area contributed by atoms with Crippen molar-refractivity contribution in [1.82, 2.24) is 4.98 Å². The van der Waals surface area contributed by atoms with Gasteiger partial charge in [-0.1, -0.05) is 26.2 Å². The Bertz CT molecular complexity index is 315. The van der Waals surface area contributed by atoms with Crippen molar-refractivity contribution in [3.63, 3.8) is 0 Å². The molecule has 16 heavy (non-hydrogen) atoms. The number of rotatable bonds is 3. The Morgan fingerprint density at radius 2 is 1.88 bits per heavy atom. The molecule has 0 amide bonds. The van der Waals surface area contributed by atoms with Crippen LogP contribution in [0.1, 0.15) is 44.6 Å². The van der Waals surface area contributed by atoms with E-state index in [2.05, 4.69) is 24.0 Å². The highest BCUT2D eigenvalue weighted by molar-refractivity contribution is 5.12. The molecule has 1 unspecified atom stereocenters. The molecule has 1 heterocycles. The molecule has 1 saturated carbocycles. The fourth-order valence-electron chi connectivity index (χ4n) is 2.75. The SMILES string of the molecule is CC1(C(N)Cc2ccncc2)CCCCC1. The van der Waals surface area contributed by atoms with Gasteiger partial charge in [0.25, 0.3) is 0 Å². The Labute approximate surface area is 98.3 Å². The van der Waals surface area contributed by atoms with E-state index in [-0.39, 0.29) is 6.04 Å². The monoisotopic (exact) mass is 218 g/mol. The van der Waals surface area contributed by atoms with Gasteiger partial charge in [0, 0.05) is 18.4 Å². The first-order valence-corrected chi connectivity index (χ1v) is 6.35. The standard InChI is InChI=1S/C14H22N2/c1-14(7-3-2-4-8-14)13(15)11-12-5-9-16-10-6-12/h5-6,9-10,13H,2-4,7-8,11,15H2,1H3. The second-order valence-electron chi connectivity index (χ2n) is 5.38. The van der Waals surface area contributed by atoms with Gasteiger partial charge in [0.1, 0.15) is 0 Å². The molecule has 2 nitrogen and oxygen atoms in total. The molecule has 1 aliphatic carbocycles. The highest BCUT2D eigenvalue weighted by atomic mass is 14.7. The Kier molecular flexibility index (Phi) is 3.59. The van der Waals surface area contributed by atoms with Crippen LogP contribution in [-0.4, -0.2) is 11.0 Å². The van der Waals surface area contributed by atoms with Crippen molar-refractivity contribution in [2.45, 2.75) is 51.5 Å². The van der Waals surface area contributed by atoms with Crippen LogP contribution in [0, 0.1) is 5.41 Å². The number of hydrogen-bond acceptors (Lipinski definition) is 2. The maximum atomic E-state index is 6.39. The van der Waals surface area contributed by atoms with Crippen LogP contribution in [0.4, 0.5) is 0 Å². The molecule has 2 rings (SSSR count). The van der Waals surface area contributed by atoms with Crippen LogP contribution in [0.2, 0.25) is 0 Å². The third kappa shape index (κ3) is 2.62. The smallest absolute Gasteiger partial charge is 0.0270 e. The first-order chi connectivity index (χ1) is 7.71. The molecule has 2 N–H and O–H groups in total. The molecule has 1 aromatic rings. The summed E-state index contributed by atoms with van der Waals surface area (Å²) in [7, 11) is 0. The van der Waals surface area contributed by atoms with E-state index in [4.69, 9.17) is 5.73 Å². The lowest BCUT2D eigenvalue weighted by molar-refractivity contribution is 0.169. The molecule has 0 aliphatic heterocycles. The summed E-state index contributed by atoms with van der Waals surface area (Å²) in [5.41, 5.74) is 8.06. The summed E-state index contributed by atoms with van der Waals surface area (Å²) in [6, 6.07) is 4.44. The van der Waals surface area contributed by atoms with Crippen molar-refractivity contribution < 1.29 is 0 Å². The minimum absolute atomic E-state index is 0.287. The van der Waals surface area contributed by atoms with Crippen molar-refractivity contribution in [2.75, 3.05) is 0 Å². The molecule has 2 heteroatoms. The van der Waals surface area contributed by atoms with Gasteiger partial charge >= 0.3 is 0 Å². The van der Waals surface area contributed by atoms with E-state index in [1.807, 2.05) is 12.4 Å². The van der Waals surface area contributed by atoms with E-state index < -0.39 is 0 Å². The molecule has 0 radical (unpaired) electrons. The topological polar surface area (TPSA) is 38.9 Å². The fourth-order valence-corrected chi connectivity index (χ4v) is 2.75. The van der Waals surface area contributed by atoms with Crippen LogP contribution in [0.25, 0.3) is 0 Å². The zero-order chi connectivity index (χ0) is 11.4. The lowest BCUT2D eigenvalue weighted by atomic mass is 9.69. The maximum absolute atomic E-state index is 6.39. The van der Waals surface area contributed by atoms with Crippen molar-refractivity contribution in [3.05, 3.63) is 30.1 Å². The van der Waals surface area contributed by atoms with E-state index in [0.717, 1.165) is 6.42 Å². The van der Waals surface area contributed by atoms with E-state index in [9.17, 15) is 0 Å².